The van der Waals surface area contributed by atoms with E-state index in [1.807, 2.05) is 0 Å². The molecule has 3 rings (SSSR count). The summed E-state index contributed by atoms with van der Waals surface area (Å²) in [5.41, 5.74) is 3.17. The molecule has 98 valence electrons. The third-order valence-electron chi connectivity index (χ3n) is 3.34. The first-order chi connectivity index (χ1) is 9.34. The Kier molecular flexibility index (Phi) is 3.37. The molecular formula is C14H17N5. The Balaban J connectivity index is 1.98. The molecule has 0 unspecified atom stereocenters. The summed E-state index contributed by atoms with van der Waals surface area (Å²) in [7, 11) is 0. The number of hydrogen-bond donors (Lipinski definition) is 1. The first kappa shape index (κ1) is 12.0. The lowest BCUT2D eigenvalue weighted by atomic mass is 10.1. The number of piperazine rings is 1. The summed E-state index contributed by atoms with van der Waals surface area (Å²) >= 11 is 0. The van der Waals surface area contributed by atoms with Crippen LogP contribution in [-0.2, 0) is 0 Å². The third kappa shape index (κ3) is 2.56. The number of nitrogens with one attached hydrogen (secondary N) is 1. The van der Waals surface area contributed by atoms with Crippen molar-refractivity contribution in [3.8, 4) is 11.3 Å². The monoisotopic (exact) mass is 255 g/mol. The Morgan fingerprint density at radius 1 is 1.11 bits per heavy atom. The van der Waals surface area contributed by atoms with Crippen LogP contribution in [-0.4, -0.2) is 41.4 Å². The number of aromatic nitrogens is 3. The van der Waals surface area contributed by atoms with E-state index in [0.717, 1.165) is 43.3 Å². The van der Waals surface area contributed by atoms with Gasteiger partial charge in [-0.15, -0.1) is 10.2 Å². The molecule has 1 aliphatic rings. The maximum atomic E-state index is 4.43. The molecule has 5 nitrogen and oxygen atoms in total. The van der Waals surface area contributed by atoms with Crippen LogP contribution in [0.3, 0.4) is 0 Å². The largest absolute Gasteiger partial charge is 0.352 e. The fraction of sp³-hybridized carbons (Fsp3) is 0.357. The van der Waals surface area contributed by atoms with Gasteiger partial charge >= 0.3 is 0 Å². The summed E-state index contributed by atoms with van der Waals surface area (Å²) in [6.45, 7) is 5.96. The van der Waals surface area contributed by atoms with Crippen molar-refractivity contribution in [1.29, 1.82) is 0 Å². The molecule has 1 aromatic heterocycles. The molecule has 0 saturated carbocycles. The SMILES string of the molecule is Cc1ccc(-c2nncnc2N2CCNCC2)cc1. The Morgan fingerprint density at radius 2 is 1.84 bits per heavy atom. The maximum Gasteiger partial charge on any atom is 0.159 e. The van der Waals surface area contributed by atoms with Crippen molar-refractivity contribution in [2.75, 3.05) is 31.1 Å². The molecule has 1 N–H and O–H groups in total. The third-order valence-corrected chi connectivity index (χ3v) is 3.34. The molecule has 0 radical (unpaired) electrons. The normalized spacial score (nSPS) is 15.5. The molecule has 1 aliphatic heterocycles. The van der Waals surface area contributed by atoms with Gasteiger partial charge in [0.1, 0.15) is 12.0 Å². The van der Waals surface area contributed by atoms with E-state index in [2.05, 4.69) is 56.6 Å². The summed E-state index contributed by atoms with van der Waals surface area (Å²) in [5, 5.41) is 11.6. The average Bonchev–Trinajstić information content (AvgIpc) is 2.49. The zero-order valence-corrected chi connectivity index (χ0v) is 11.0. The van der Waals surface area contributed by atoms with Gasteiger partial charge in [0, 0.05) is 31.7 Å². The van der Waals surface area contributed by atoms with Gasteiger partial charge in [0.05, 0.1) is 0 Å². The molecule has 0 bridgehead atoms. The zero-order chi connectivity index (χ0) is 13.1. The lowest BCUT2D eigenvalue weighted by molar-refractivity contribution is 0.583. The van der Waals surface area contributed by atoms with E-state index < -0.39 is 0 Å². The van der Waals surface area contributed by atoms with Crippen LogP contribution in [0.5, 0.6) is 0 Å². The van der Waals surface area contributed by atoms with Crippen molar-refractivity contribution in [1.82, 2.24) is 20.5 Å². The van der Waals surface area contributed by atoms with Gasteiger partial charge < -0.3 is 10.2 Å². The maximum absolute atomic E-state index is 4.43. The molecule has 0 spiro atoms. The summed E-state index contributed by atoms with van der Waals surface area (Å²) in [5.74, 6) is 0.931. The lowest BCUT2D eigenvalue weighted by Crippen LogP contribution is -2.44. The second-order valence-electron chi connectivity index (χ2n) is 4.74. The van der Waals surface area contributed by atoms with Crippen molar-refractivity contribution in [2.24, 2.45) is 0 Å². The molecule has 1 fully saturated rings. The van der Waals surface area contributed by atoms with Gasteiger partial charge in [-0.25, -0.2) is 4.98 Å². The van der Waals surface area contributed by atoms with Crippen molar-refractivity contribution in [3.63, 3.8) is 0 Å². The van der Waals surface area contributed by atoms with Crippen molar-refractivity contribution in [3.05, 3.63) is 36.2 Å². The topological polar surface area (TPSA) is 53.9 Å². The predicted molar refractivity (Wildman–Crippen MR) is 75.1 cm³/mol. The van der Waals surface area contributed by atoms with Gasteiger partial charge in [0.25, 0.3) is 0 Å². The highest BCUT2D eigenvalue weighted by molar-refractivity contribution is 5.71. The van der Waals surface area contributed by atoms with E-state index in [1.165, 1.54) is 11.9 Å². The van der Waals surface area contributed by atoms with Crippen molar-refractivity contribution < 1.29 is 0 Å². The van der Waals surface area contributed by atoms with Gasteiger partial charge in [-0.3, -0.25) is 0 Å². The Labute approximate surface area is 112 Å². The fourth-order valence-corrected chi connectivity index (χ4v) is 2.28. The van der Waals surface area contributed by atoms with E-state index in [4.69, 9.17) is 0 Å². The quantitative estimate of drug-likeness (QED) is 0.875. The van der Waals surface area contributed by atoms with Crippen LogP contribution in [0, 0.1) is 6.92 Å². The summed E-state index contributed by atoms with van der Waals surface area (Å²) in [6, 6.07) is 8.33. The van der Waals surface area contributed by atoms with Crippen LogP contribution in [0.4, 0.5) is 5.82 Å². The summed E-state index contributed by atoms with van der Waals surface area (Å²) in [4.78, 5) is 6.69. The average molecular weight is 255 g/mol. The van der Waals surface area contributed by atoms with E-state index in [-0.39, 0.29) is 0 Å². The van der Waals surface area contributed by atoms with E-state index in [1.54, 1.807) is 0 Å². The molecule has 0 aliphatic carbocycles. The summed E-state index contributed by atoms with van der Waals surface area (Å²) in [6.07, 6.45) is 1.52. The van der Waals surface area contributed by atoms with Crippen LogP contribution in [0.15, 0.2) is 30.6 Å². The second-order valence-corrected chi connectivity index (χ2v) is 4.74. The van der Waals surface area contributed by atoms with Crippen molar-refractivity contribution >= 4 is 5.82 Å². The minimum Gasteiger partial charge on any atom is -0.352 e. The minimum atomic E-state index is 0.865. The highest BCUT2D eigenvalue weighted by atomic mass is 15.3. The minimum absolute atomic E-state index is 0.865. The van der Waals surface area contributed by atoms with Gasteiger partial charge in [0.2, 0.25) is 0 Å². The van der Waals surface area contributed by atoms with Crippen LogP contribution >= 0.6 is 0 Å². The molecule has 5 heteroatoms. The number of aryl methyl sites for hydroxylation is 1. The number of hydrogen-bond acceptors (Lipinski definition) is 5. The first-order valence-electron chi connectivity index (χ1n) is 6.55. The number of rotatable bonds is 2. The molecule has 2 aromatic rings. The standard InChI is InChI=1S/C14H17N5/c1-11-2-4-12(5-3-11)13-14(16-10-17-18-13)19-8-6-15-7-9-19/h2-5,10,15H,6-9H2,1H3. The Morgan fingerprint density at radius 3 is 2.58 bits per heavy atom. The molecule has 19 heavy (non-hydrogen) atoms. The van der Waals surface area contributed by atoms with E-state index in [0.29, 0.717) is 0 Å². The predicted octanol–water partition coefficient (Wildman–Crippen LogP) is 1.26. The summed E-state index contributed by atoms with van der Waals surface area (Å²) < 4.78 is 0. The van der Waals surface area contributed by atoms with Crippen LogP contribution in [0.2, 0.25) is 0 Å². The van der Waals surface area contributed by atoms with Gasteiger partial charge in [-0.2, -0.15) is 0 Å². The fourth-order valence-electron chi connectivity index (χ4n) is 2.28. The van der Waals surface area contributed by atoms with Gasteiger partial charge in [-0.05, 0) is 6.92 Å². The van der Waals surface area contributed by atoms with E-state index in [9.17, 15) is 0 Å². The molecule has 0 atom stereocenters. The first-order valence-corrected chi connectivity index (χ1v) is 6.55. The smallest absolute Gasteiger partial charge is 0.159 e. The van der Waals surface area contributed by atoms with Crippen LogP contribution in [0.25, 0.3) is 11.3 Å². The molecule has 2 heterocycles. The number of benzene rings is 1. The highest BCUT2D eigenvalue weighted by Gasteiger charge is 2.17. The molecule has 0 amide bonds. The highest BCUT2D eigenvalue weighted by Crippen LogP contribution is 2.26. The van der Waals surface area contributed by atoms with Gasteiger partial charge in [0.15, 0.2) is 5.82 Å². The van der Waals surface area contributed by atoms with Crippen LogP contribution < -0.4 is 10.2 Å². The van der Waals surface area contributed by atoms with Crippen LogP contribution in [0.1, 0.15) is 5.56 Å². The molecule has 1 aromatic carbocycles. The van der Waals surface area contributed by atoms with E-state index >= 15 is 0 Å². The van der Waals surface area contributed by atoms with Crippen molar-refractivity contribution in [2.45, 2.75) is 6.92 Å². The Hall–Kier alpha value is -2.01. The number of anilines is 1. The second kappa shape index (κ2) is 5.32. The zero-order valence-electron chi connectivity index (χ0n) is 11.0. The van der Waals surface area contributed by atoms with Gasteiger partial charge in [-0.1, -0.05) is 29.8 Å². The molecule has 1 saturated heterocycles. The number of nitrogens with zero attached hydrogens (tertiary/aromatic N) is 4. The lowest BCUT2D eigenvalue weighted by Gasteiger charge is -2.29. The Bertz CT molecular complexity index is 546. The molecular weight excluding hydrogens is 238 g/mol.